The summed E-state index contributed by atoms with van der Waals surface area (Å²) < 4.78 is 5.64. The number of ether oxygens (including phenoxy) is 1. The first kappa shape index (κ1) is 11.4. The van der Waals surface area contributed by atoms with Crippen LogP contribution in [0.2, 0.25) is 5.02 Å². The van der Waals surface area contributed by atoms with Gasteiger partial charge in [-0.25, -0.2) is 5.43 Å². The standard InChI is InChI=1S/C10H12ClN3OS/c1-6-4-7(11)2-3-8(6)15-5-9-12-10(16)14-13-9/h2-4,9,13H,5H2,1H3,(H2,12,14,16). The number of hydrogen-bond donors (Lipinski definition) is 3. The summed E-state index contributed by atoms with van der Waals surface area (Å²) in [5, 5.41) is 4.31. The Hall–Kier alpha value is -1.04. The van der Waals surface area contributed by atoms with Gasteiger partial charge in [0, 0.05) is 5.02 Å². The van der Waals surface area contributed by atoms with Gasteiger partial charge in [0.15, 0.2) is 5.11 Å². The summed E-state index contributed by atoms with van der Waals surface area (Å²) in [6.45, 7) is 2.44. The van der Waals surface area contributed by atoms with Crippen molar-refractivity contribution in [2.24, 2.45) is 0 Å². The smallest absolute Gasteiger partial charge is 0.182 e. The second kappa shape index (κ2) is 4.86. The highest BCUT2D eigenvalue weighted by atomic mass is 35.5. The Balaban J connectivity index is 1.92. The van der Waals surface area contributed by atoms with E-state index in [4.69, 9.17) is 28.6 Å². The highest BCUT2D eigenvalue weighted by Crippen LogP contribution is 2.21. The van der Waals surface area contributed by atoms with Crippen molar-refractivity contribution in [1.82, 2.24) is 16.2 Å². The molecule has 6 heteroatoms. The van der Waals surface area contributed by atoms with Crippen molar-refractivity contribution >= 4 is 28.9 Å². The molecule has 0 radical (unpaired) electrons. The molecule has 0 bridgehead atoms. The molecule has 0 saturated carbocycles. The highest BCUT2D eigenvalue weighted by molar-refractivity contribution is 7.80. The van der Waals surface area contributed by atoms with Gasteiger partial charge in [-0.15, -0.1) is 0 Å². The minimum Gasteiger partial charge on any atom is -0.490 e. The molecule has 2 rings (SSSR count). The third-order valence-corrected chi connectivity index (χ3v) is 2.66. The molecule has 4 nitrogen and oxygen atoms in total. The Kier molecular flexibility index (Phi) is 3.48. The van der Waals surface area contributed by atoms with Crippen LogP contribution in [0.15, 0.2) is 18.2 Å². The van der Waals surface area contributed by atoms with Crippen LogP contribution in [-0.2, 0) is 0 Å². The molecule has 1 aromatic carbocycles. The Labute approximate surface area is 104 Å². The fourth-order valence-electron chi connectivity index (χ4n) is 1.41. The van der Waals surface area contributed by atoms with Crippen LogP contribution in [0.5, 0.6) is 5.75 Å². The first-order valence-electron chi connectivity index (χ1n) is 4.86. The maximum Gasteiger partial charge on any atom is 0.182 e. The average molecular weight is 258 g/mol. The van der Waals surface area contributed by atoms with E-state index >= 15 is 0 Å². The lowest BCUT2D eigenvalue weighted by Gasteiger charge is -2.13. The maximum atomic E-state index is 5.86. The quantitative estimate of drug-likeness (QED) is 0.714. The number of thiocarbonyl (C=S) groups is 1. The molecule has 1 heterocycles. The van der Waals surface area contributed by atoms with Gasteiger partial charge >= 0.3 is 0 Å². The van der Waals surface area contributed by atoms with E-state index in [0.717, 1.165) is 11.3 Å². The topological polar surface area (TPSA) is 45.3 Å². The minimum atomic E-state index is -0.0115. The molecule has 86 valence electrons. The SMILES string of the molecule is Cc1cc(Cl)ccc1OCC1NNC(=S)N1. The van der Waals surface area contributed by atoms with E-state index in [1.807, 2.05) is 25.1 Å². The molecule has 0 aromatic heterocycles. The van der Waals surface area contributed by atoms with Crippen LogP contribution in [0, 0.1) is 6.92 Å². The van der Waals surface area contributed by atoms with Crippen LogP contribution in [0.3, 0.4) is 0 Å². The average Bonchev–Trinajstić information content (AvgIpc) is 2.63. The molecule has 1 atom stereocenters. The molecular formula is C10H12ClN3OS. The van der Waals surface area contributed by atoms with Crippen molar-refractivity contribution in [2.75, 3.05) is 6.61 Å². The van der Waals surface area contributed by atoms with Gasteiger partial charge in [0.05, 0.1) is 0 Å². The molecule has 0 amide bonds. The van der Waals surface area contributed by atoms with Gasteiger partial charge < -0.3 is 10.1 Å². The second-order valence-electron chi connectivity index (χ2n) is 3.52. The third-order valence-electron chi connectivity index (χ3n) is 2.21. The van der Waals surface area contributed by atoms with Crippen molar-refractivity contribution in [1.29, 1.82) is 0 Å². The fraction of sp³-hybridized carbons (Fsp3) is 0.300. The van der Waals surface area contributed by atoms with E-state index in [9.17, 15) is 0 Å². The van der Waals surface area contributed by atoms with Gasteiger partial charge in [0.25, 0.3) is 0 Å². The molecule has 1 aromatic rings. The molecule has 1 saturated heterocycles. The van der Waals surface area contributed by atoms with Crippen LogP contribution < -0.4 is 20.9 Å². The van der Waals surface area contributed by atoms with E-state index in [1.165, 1.54) is 0 Å². The van der Waals surface area contributed by atoms with Gasteiger partial charge in [-0.05, 0) is 42.9 Å². The molecule has 1 fully saturated rings. The van der Waals surface area contributed by atoms with Crippen LogP contribution >= 0.6 is 23.8 Å². The summed E-state index contributed by atoms with van der Waals surface area (Å²) in [7, 11) is 0. The summed E-state index contributed by atoms with van der Waals surface area (Å²) in [6, 6.07) is 5.54. The lowest BCUT2D eigenvalue weighted by atomic mass is 10.2. The van der Waals surface area contributed by atoms with Crippen molar-refractivity contribution in [3.05, 3.63) is 28.8 Å². The number of aryl methyl sites for hydroxylation is 1. The zero-order chi connectivity index (χ0) is 11.5. The molecule has 3 N–H and O–H groups in total. The van der Waals surface area contributed by atoms with Crippen molar-refractivity contribution in [3.63, 3.8) is 0 Å². The molecule has 1 aliphatic heterocycles. The molecular weight excluding hydrogens is 246 g/mol. The Morgan fingerprint density at radius 2 is 2.31 bits per heavy atom. The van der Waals surface area contributed by atoms with Gasteiger partial charge in [-0.3, -0.25) is 5.43 Å². The number of hydrogen-bond acceptors (Lipinski definition) is 3. The Morgan fingerprint density at radius 3 is 2.94 bits per heavy atom. The maximum absolute atomic E-state index is 5.86. The van der Waals surface area contributed by atoms with E-state index in [0.29, 0.717) is 16.7 Å². The van der Waals surface area contributed by atoms with E-state index in [1.54, 1.807) is 0 Å². The predicted octanol–water partition coefficient (Wildman–Crippen LogP) is 1.34. The van der Waals surface area contributed by atoms with Gasteiger partial charge in [0.2, 0.25) is 0 Å². The number of rotatable bonds is 3. The van der Waals surface area contributed by atoms with Crippen molar-refractivity contribution in [3.8, 4) is 5.75 Å². The molecule has 1 unspecified atom stereocenters. The van der Waals surface area contributed by atoms with Crippen LogP contribution in [0.25, 0.3) is 0 Å². The number of benzene rings is 1. The molecule has 0 spiro atoms. The Bertz CT molecular complexity index is 413. The first-order chi connectivity index (χ1) is 7.65. The third kappa shape index (κ3) is 2.75. The molecule has 0 aliphatic carbocycles. The minimum absolute atomic E-state index is 0.0115. The van der Waals surface area contributed by atoms with Crippen LogP contribution in [0.4, 0.5) is 0 Å². The molecule has 16 heavy (non-hydrogen) atoms. The Morgan fingerprint density at radius 1 is 1.50 bits per heavy atom. The number of nitrogens with one attached hydrogen (secondary N) is 3. The monoisotopic (exact) mass is 257 g/mol. The summed E-state index contributed by atoms with van der Waals surface area (Å²) in [5.74, 6) is 0.825. The van der Waals surface area contributed by atoms with Crippen LogP contribution in [-0.4, -0.2) is 17.9 Å². The lowest BCUT2D eigenvalue weighted by Crippen LogP contribution is -2.39. The van der Waals surface area contributed by atoms with Crippen molar-refractivity contribution < 1.29 is 4.74 Å². The van der Waals surface area contributed by atoms with Crippen LogP contribution in [0.1, 0.15) is 5.56 Å². The summed E-state index contributed by atoms with van der Waals surface area (Å²) in [4.78, 5) is 0. The van der Waals surface area contributed by atoms with Gasteiger partial charge in [0.1, 0.15) is 18.5 Å². The van der Waals surface area contributed by atoms with Gasteiger partial charge in [-0.1, -0.05) is 11.6 Å². The summed E-state index contributed by atoms with van der Waals surface area (Å²) >= 11 is 10.8. The number of hydrazine groups is 1. The summed E-state index contributed by atoms with van der Waals surface area (Å²) in [6.07, 6.45) is -0.0115. The zero-order valence-electron chi connectivity index (χ0n) is 8.71. The van der Waals surface area contributed by atoms with E-state index in [2.05, 4.69) is 16.2 Å². The second-order valence-corrected chi connectivity index (χ2v) is 4.36. The van der Waals surface area contributed by atoms with Crippen molar-refractivity contribution in [2.45, 2.75) is 13.1 Å². The molecule has 1 aliphatic rings. The summed E-state index contributed by atoms with van der Waals surface area (Å²) in [5.41, 5.74) is 6.77. The van der Waals surface area contributed by atoms with E-state index < -0.39 is 0 Å². The fourth-order valence-corrected chi connectivity index (χ4v) is 1.84. The predicted molar refractivity (Wildman–Crippen MR) is 67.5 cm³/mol. The first-order valence-corrected chi connectivity index (χ1v) is 5.65. The largest absolute Gasteiger partial charge is 0.490 e. The normalized spacial score (nSPS) is 19.1. The number of halogens is 1. The van der Waals surface area contributed by atoms with E-state index in [-0.39, 0.29) is 6.17 Å². The zero-order valence-corrected chi connectivity index (χ0v) is 10.3. The van der Waals surface area contributed by atoms with Gasteiger partial charge in [-0.2, -0.15) is 0 Å². The lowest BCUT2D eigenvalue weighted by molar-refractivity contribution is 0.262. The highest BCUT2D eigenvalue weighted by Gasteiger charge is 2.17.